The molecule has 0 aliphatic carbocycles. The van der Waals surface area contributed by atoms with Crippen LogP contribution in [0.25, 0.3) is 22.0 Å². The SMILES string of the molecule is CC1(C)C(=O)N(Cc2ccsc2)c2cc(C(N)=O)cc(-c3c[nH]c4ccccc34)c21. The molecule has 30 heavy (non-hydrogen) atoms. The summed E-state index contributed by atoms with van der Waals surface area (Å²) < 4.78 is 0. The molecular weight excluding hydrogens is 394 g/mol. The van der Waals surface area contributed by atoms with Crippen LogP contribution in [0.5, 0.6) is 0 Å². The number of hydrogen-bond acceptors (Lipinski definition) is 3. The number of amides is 2. The lowest BCUT2D eigenvalue weighted by Gasteiger charge is -2.20. The summed E-state index contributed by atoms with van der Waals surface area (Å²) in [5, 5.41) is 5.08. The fraction of sp³-hybridized carbons (Fsp3) is 0.167. The molecule has 150 valence electrons. The molecule has 0 radical (unpaired) electrons. The van der Waals surface area contributed by atoms with Gasteiger partial charge in [-0.3, -0.25) is 9.59 Å². The van der Waals surface area contributed by atoms with E-state index in [0.717, 1.165) is 38.8 Å². The third kappa shape index (κ3) is 2.68. The summed E-state index contributed by atoms with van der Waals surface area (Å²) in [6.45, 7) is 4.36. The minimum Gasteiger partial charge on any atom is -0.366 e. The van der Waals surface area contributed by atoms with Crippen molar-refractivity contribution in [2.45, 2.75) is 25.8 Å². The molecule has 6 heteroatoms. The summed E-state index contributed by atoms with van der Waals surface area (Å²) in [6.07, 6.45) is 1.94. The van der Waals surface area contributed by atoms with Gasteiger partial charge in [0.2, 0.25) is 11.8 Å². The first-order valence-corrected chi connectivity index (χ1v) is 10.7. The lowest BCUT2D eigenvalue weighted by atomic mass is 9.80. The van der Waals surface area contributed by atoms with E-state index < -0.39 is 11.3 Å². The molecular formula is C24H21N3O2S. The number of aromatic amines is 1. The van der Waals surface area contributed by atoms with Crippen LogP contribution in [0, 0.1) is 0 Å². The molecule has 0 saturated carbocycles. The van der Waals surface area contributed by atoms with Crippen molar-refractivity contribution in [1.29, 1.82) is 0 Å². The Bertz CT molecular complexity index is 1300. The molecule has 0 atom stereocenters. The van der Waals surface area contributed by atoms with Crippen molar-refractivity contribution in [1.82, 2.24) is 4.98 Å². The zero-order valence-electron chi connectivity index (χ0n) is 16.7. The molecule has 2 aromatic heterocycles. The van der Waals surface area contributed by atoms with Gasteiger partial charge in [-0.05, 0) is 65.6 Å². The minimum absolute atomic E-state index is 0.0198. The number of H-pyrrole nitrogens is 1. The van der Waals surface area contributed by atoms with Gasteiger partial charge in [-0.2, -0.15) is 11.3 Å². The Kier molecular flexibility index (Phi) is 4.08. The van der Waals surface area contributed by atoms with Crippen molar-refractivity contribution in [3.8, 4) is 11.1 Å². The third-order valence-corrected chi connectivity index (χ3v) is 6.63. The summed E-state index contributed by atoms with van der Waals surface area (Å²) in [4.78, 5) is 30.7. The highest BCUT2D eigenvalue weighted by molar-refractivity contribution is 7.07. The largest absolute Gasteiger partial charge is 0.366 e. The maximum atomic E-state index is 13.5. The van der Waals surface area contributed by atoms with Crippen LogP contribution >= 0.6 is 11.3 Å². The van der Waals surface area contributed by atoms with Crippen molar-refractivity contribution >= 4 is 39.7 Å². The van der Waals surface area contributed by atoms with Gasteiger partial charge in [-0.1, -0.05) is 18.2 Å². The van der Waals surface area contributed by atoms with Gasteiger partial charge < -0.3 is 15.6 Å². The molecule has 0 saturated heterocycles. The molecule has 2 amide bonds. The summed E-state index contributed by atoms with van der Waals surface area (Å²) >= 11 is 1.60. The van der Waals surface area contributed by atoms with Gasteiger partial charge in [-0.15, -0.1) is 0 Å². The number of primary amides is 1. The van der Waals surface area contributed by atoms with Gasteiger partial charge in [-0.25, -0.2) is 0 Å². The van der Waals surface area contributed by atoms with E-state index >= 15 is 0 Å². The van der Waals surface area contributed by atoms with E-state index in [1.165, 1.54) is 0 Å². The molecule has 4 aromatic rings. The molecule has 0 unspecified atom stereocenters. The second-order valence-electron chi connectivity index (χ2n) is 8.18. The summed E-state index contributed by atoms with van der Waals surface area (Å²) in [7, 11) is 0. The molecule has 3 heterocycles. The predicted molar refractivity (Wildman–Crippen MR) is 121 cm³/mol. The number of nitrogens with two attached hydrogens (primary N) is 1. The average molecular weight is 416 g/mol. The van der Waals surface area contributed by atoms with Crippen LogP contribution < -0.4 is 10.6 Å². The Labute approximate surface area is 178 Å². The summed E-state index contributed by atoms with van der Waals surface area (Å²) in [5.74, 6) is -0.488. The van der Waals surface area contributed by atoms with Gasteiger partial charge >= 0.3 is 0 Å². The number of fused-ring (bicyclic) bond motifs is 2. The number of anilines is 1. The average Bonchev–Trinajstić information content (AvgIpc) is 3.43. The number of aromatic nitrogens is 1. The van der Waals surface area contributed by atoms with Gasteiger partial charge in [0.05, 0.1) is 12.0 Å². The van der Waals surface area contributed by atoms with Crippen LogP contribution in [0.15, 0.2) is 59.4 Å². The standard InChI is InChI=1S/C24H21N3O2S/c1-24(2)21-17(18-11-26-19-6-4-3-5-16(18)19)9-15(22(25)28)10-20(21)27(23(24)29)12-14-7-8-30-13-14/h3-11,13,26H,12H2,1-2H3,(H2,25,28). The highest BCUT2D eigenvalue weighted by Gasteiger charge is 2.46. The first-order chi connectivity index (χ1) is 14.4. The van der Waals surface area contributed by atoms with Gasteiger partial charge in [0.1, 0.15) is 0 Å². The first kappa shape index (κ1) is 18.6. The van der Waals surface area contributed by atoms with Crippen LogP contribution in [0.3, 0.4) is 0 Å². The quantitative estimate of drug-likeness (QED) is 0.501. The third-order valence-electron chi connectivity index (χ3n) is 5.90. The molecule has 0 spiro atoms. The monoisotopic (exact) mass is 415 g/mol. The van der Waals surface area contributed by atoms with E-state index in [-0.39, 0.29) is 5.91 Å². The van der Waals surface area contributed by atoms with Crippen LogP contribution in [-0.2, 0) is 16.8 Å². The molecule has 2 aromatic carbocycles. The van der Waals surface area contributed by atoms with Crippen molar-refractivity contribution in [3.63, 3.8) is 0 Å². The first-order valence-electron chi connectivity index (χ1n) is 9.76. The molecule has 1 aliphatic rings. The second kappa shape index (κ2) is 6.57. The molecule has 0 fully saturated rings. The van der Waals surface area contributed by atoms with Crippen molar-refractivity contribution in [2.24, 2.45) is 5.73 Å². The Morgan fingerprint density at radius 2 is 1.97 bits per heavy atom. The van der Waals surface area contributed by atoms with Gasteiger partial charge in [0.15, 0.2) is 0 Å². The minimum atomic E-state index is -0.727. The molecule has 3 N–H and O–H groups in total. The Balaban J connectivity index is 1.79. The molecule has 5 rings (SSSR count). The number of carbonyl (C=O) groups excluding carboxylic acids is 2. The number of nitrogens with one attached hydrogen (secondary N) is 1. The van der Waals surface area contributed by atoms with E-state index in [2.05, 4.69) is 4.98 Å². The van der Waals surface area contributed by atoms with E-state index in [9.17, 15) is 9.59 Å². The van der Waals surface area contributed by atoms with Gasteiger partial charge in [0, 0.05) is 33.9 Å². The van der Waals surface area contributed by atoms with Crippen molar-refractivity contribution < 1.29 is 9.59 Å². The molecule has 0 bridgehead atoms. The zero-order valence-corrected chi connectivity index (χ0v) is 17.5. The van der Waals surface area contributed by atoms with Crippen LogP contribution in [0.2, 0.25) is 0 Å². The van der Waals surface area contributed by atoms with E-state index in [0.29, 0.717) is 12.1 Å². The van der Waals surface area contributed by atoms with E-state index in [4.69, 9.17) is 5.73 Å². The second-order valence-corrected chi connectivity index (χ2v) is 8.96. The fourth-order valence-corrected chi connectivity index (χ4v) is 5.08. The topological polar surface area (TPSA) is 79.2 Å². The number of rotatable bonds is 4. The lowest BCUT2D eigenvalue weighted by Crippen LogP contribution is -2.35. The maximum Gasteiger partial charge on any atom is 0.248 e. The van der Waals surface area contributed by atoms with Crippen molar-refractivity contribution in [3.05, 3.63) is 76.1 Å². The number of thiophene rings is 1. The Morgan fingerprint density at radius 3 is 2.70 bits per heavy atom. The highest BCUT2D eigenvalue weighted by atomic mass is 32.1. The van der Waals surface area contributed by atoms with Crippen LogP contribution in [0.4, 0.5) is 5.69 Å². The maximum absolute atomic E-state index is 13.5. The number of benzene rings is 2. The number of hydrogen-bond donors (Lipinski definition) is 2. The Morgan fingerprint density at radius 1 is 1.17 bits per heavy atom. The summed E-state index contributed by atoms with van der Waals surface area (Å²) in [6, 6.07) is 13.6. The zero-order chi connectivity index (χ0) is 21.0. The van der Waals surface area contributed by atoms with E-state index in [1.807, 2.05) is 67.2 Å². The molecule has 1 aliphatic heterocycles. The van der Waals surface area contributed by atoms with Gasteiger partial charge in [0.25, 0.3) is 0 Å². The number of para-hydroxylation sites is 1. The van der Waals surface area contributed by atoms with Crippen molar-refractivity contribution in [2.75, 3.05) is 4.90 Å². The smallest absolute Gasteiger partial charge is 0.248 e. The number of nitrogens with zero attached hydrogens (tertiary/aromatic N) is 1. The van der Waals surface area contributed by atoms with E-state index in [1.54, 1.807) is 22.3 Å². The molecule has 5 nitrogen and oxygen atoms in total. The van der Waals surface area contributed by atoms with Crippen LogP contribution in [0.1, 0.15) is 35.3 Å². The number of carbonyl (C=O) groups is 2. The Hall–Kier alpha value is -3.38. The highest BCUT2D eigenvalue weighted by Crippen LogP contribution is 2.49. The summed E-state index contributed by atoms with van der Waals surface area (Å²) in [5.41, 5.74) is 10.9. The van der Waals surface area contributed by atoms with Crippen LogP contribution in [-0.4, -0.2) is 16.8 Å². The lowest BCUT2D eigenvalue weighted by molar-refractivity contribution is -0.122. The normalized spacial score (nSPS) is 15.0. The fourth-order valence-electron chi connectivity index (χ4n) is 4.42. The predicted octanol–water partition coefficient (Wildman–Crippen LogP) is 4.82.